The molecule has 0 fully saturated rings. The summed E-state index contributed by atoms with van der Waals surface area (Å²) in [5, 5.41) is 0. The number of nitrogens with zero attached hydrogens (tertiary/aromatic N) is 1. The molecule has 0 aliphatic carbocycles. The predicted octanol–water partition coefficient (Wildman–Crippen LogP) is 3.87. The summed E-state index contributed by atoms with van der Waals surface area (Å²) in [6, 6.07) is 12.3. The molecule has 2 aromatic rings. The van der Waals surface area contributed by atoms with E-state index in [0.29, 0.717) is 42.5 Å². The van der Waals surface area contributed by atoms with Gasteiger partial charge in [-0.25, -0.2) is 4.39 Å². The number of halogens is 1. The van der Waals surface area contributed by atoms with Crippen molar-refractivity contribution in [2.45, 2.75) is 25.7 Å². The zero-order chi connectivity index (χ0) is 17.8. The molecule has 1 aliphatic heterocycles. The van der Waals surface area contributed by atoms with Crippen molar-refractivity contribution in [3.63, 3.8) is 0 Å². The number of ketones is 1. The van der Waals surface area contributed by atoms with Crippen molar-refractivity contribution in [2.75, 3.05) is 6.54 Å². The molecule has 0 aromatic heterocycles. The van der Waals surface area contributed by atoms with Gasteiger partial charge in [0.15, 0.2) is 5.78 Å². The fourth-order valence-electron chi connectivity index (χ4n) is 2.95. The highest BCUT2D eigenvalue weighted by atomic mass is 19.1. The van der Waals surface area contributed by atoms with Crippen molar-refractivity contribution < 1.29 is 18.8 Å². The monoisotopic (exact) mass is 339 g/mol. The van der Waals surface area contributed by atoms with E-state index in [1.165, 1.54) is 29.2 Å². The number of Topliss-reactive ketones (excluding diaryl/α,β-unsaturated/α-hetero) is 1. The number of unbranched alkanes of at least 4 members (excludes halogenated alkanes) is 2. The molecule has 5 heteroatoms. The average Bonchev–Trinajstić information content (AvgIpc) is 2.87. The van der Waals surface area contributed by atoms with E-state index in [1.54, 1.807) is 24.3 Å². The molecule has 4 nitrogen and oxygen atoms in total. The minimum Gasteiger partial charge on any atom is -0.294 e. The predicted molar refractivity (Wildman–Crippen MR) is 91.0 cm³/mol. The summed E-state index contributed by atoms with van der Waals surface area (Å²) in [6.45, 7) is 0.358. The highest BCUT2D eigenvalue weighted by molar-refractivity contribution is 6.21. The van der Waals surface area contributed by atoms with Gasteiger partial charge in [0.25, 0.3) is 11.8 Å². The second-order valence-corrected chi connectivity index (χ2v) is 6.05. The number of amides is 2. The summed E-state index contributed by atoms with van der Waals surface area (Å²) in [4.78, 5) is 37.7. The minimum atomic E-state index is -0.363. The quantitative estimate of drug-likeness (QED) is 0.437. The average molecular weight is 339 g/mol. The summed E-state index contributed by atoms with van der Waals surface area (Å²) >= 11 is 0. The van der Waals surface area contributed by atoms with Crippen LogP contribution in [0.15, 0.2) is 48.5 Å². The smallest absolute Gasteiger partial charge is 0.261 e. The third-order valence-corrected chi connectivity index (χ3v) is 4.33. The first kappa shape index (κ1) is 17.0. The van der Waals surface area contributed by atoms with Gasteiger partial charge in [0, 0.05) is 18.5 Å². The normalized spacial score (nSPS) is 13.2. The van der Waals surface area contributed by atoms with Gasteiger partial charge < -0.3 is 0 Å². The van der Waals surface area contributed by atoms with Gasteiger partial charge in [-0.3, -0.25) is 19.3 Å². The van der Waals surface area contributed by atoms with E-state index in [2.05, 4.69) is 0 Å². The molecule has 2 aromatic carbocycles. The van der Waals surface area contributed by atoms with Gasteiger partial charge in [0.1, 0.15) is 5.82 Å². The lowest BCUT2D eigenvalue weighted by molar-refractivity contribution is 0.0650. The van der Waals surface area contributed by atoms with Crippen LogP contribution in [-0.4, -0.2) is 29.0 Å². The second-order valence-electron chi connectivity index (χ2n) is 6.05. The largest absolute Gasteiger partial charge is 0.294 e. The Labute approximate surface area is 145 Å². The van der Waals surface area contributed by atoms with Crippen molar-refractivity contribution in [1.82, 2.24) is 4.90 Å². The number of imide groups is 1. The standard InChI is InChI=1S/C20H18FNO3/c21-15-11-9-14(10-12-15)18(23)8-2-1-5-13-22-19(24)16-6-3-4-7-17(16)20(22)25/h3-4,6-7,9-12H,1-2,5,8,13H2. The van der Waals surface area contributed by atoms with Crippen LogP contribution in [0.1, 0.15) is 56.8 Å². The molecule has 1 heterocycles. The molecule has 3 rings (SSSR count). The van der Waals surface area contributed by atoms with Gasteiger partial charge in [0.2, 0.25) is 0 Å². The number of hydrogen-bond donors (Lipinski definition) is 0. The third-order valence-electron chi connectivity index (χ3n) is 4.33. The maximum absolute atomic E-state index is 12.8. The SMILES string of the molecule is O=C(CCCCCN1C(=O)c2ccccc2C1=O)c1ccc(F)cc1. The van der Waals surface area contributed by atoms with Gasteiger partial charge in [-0.15, -0.1) is 0 Å². The van der Waals surface area contributed by atoms with E-state index in [1.807, 2.05) is 0 Å². The van der Waals surface area contributed by atoms with E-state index in [-0.39, 0.29) is 23.4 Å². The Morgan fingerprint density at radius 1 is 0.840 bits per heavy atom. The van der Waals surface area contributed by atoms with Crippen molar-refractivity contribution in [3.8, 4) is 0 Å². The summed E-state index contributed by atoms with van der Waals surface area (Å²) in [5.41, 5.74) is 1.42. The van der Waals surface area contributed by atoms with Gasteiger partial charge >= 0.3 is 0 Å². The molecule has 0 spiro atoms. The number of carbonyl (C=O) groups excluding carboxylic acids is 3. The molecule has 0 atom stereocenters. The van der Waals surface area contributed by atoms with Crippen LogP contribution < -0.4 is 0 Å². The summed E-state index contributed by atoms with van der Waals surface area (Å²) in [5.74, 6) is -0.885. The molecule has 0 unspecified atom stereocenters. The lowest BCUT2D eigenvalue weighted by Crippen LogP contribution is -2.30. The fourth-order valence-corrected chi connectivity index (χ4v) is 2.95. The topological polar surface area (TPSA) is 54.5 Å². The van der Waals surface area contributed by atoms with Gasteiger partial charge in [-0.05, 0) is 49.2 Å². The maximum Gasteiger partial charge on any atom is 0.261 e. The van der Waals surface area contributed by atoms with E-state index >= 15 is 0 Å². The van der Waals surface area contributed by atoms with Crippen molar-refractivity contribution >= 4 is 17.6 Å². The zero-order valence-corrected chi connectivity index (χ0v) is 13.7. The Balaban J connectivity index is 1.44. The number of benzene rings is 2. The third kappa shape index (κ3) is 3.65. The van der Waals surface area contributed by atoms with Crippen molar-refractivity contribution in [2.24, 2.45) is 0 Å². The number of carbonyl (C=O) groups is 3. The van der Waals surface area contributed by atoms with Crippen molar-refractivity contribution in [1.29, 1.82) is 0 Å². The van der Waals surface area contributed by atoms with Gasteiger partial charge in [-0.2, -0.15) is 0 Å². The van der Waals surface area contributed by atoms with Crippen LogP contribution in [0, 0.1) is 5.82 Å². The second kappa shape index (κ2) is 7.38. The number of fused-ring (bicyclic) bond motifs is 1. The fraction of sp³-hybridized carbons (Fsp3) is 0.250. The summed E-state index contributed by atoms with van der Waals surface area (Å²) in [6.07, 6.45) is 2.43. The van der Waals surface area contributed by atoms with Crippen LogP contribution in [0.3, 0.4) is 0 Å². The molecule has 0 bridgehead atoms. The molecule has 2 amide bonds. The Hall–Kier alpha value is -2.82. The van der Waals surface area contributed by atoms with Gasteiger partial charge in [0.05, 0.1) is 11.1 Å². The molecule has 1 aliphatic rings. The Bertz CT molecular complexity index is 779. The first-order valence-corrected chi connectivity index (χ1v) is 8.32. The van der Waals surface area contributed by atoms with Crippen LogP contribution in [-0.2, 0) is 0 Å². The minimum absolute atomic E-state index is 0.0271. The highest BCUT2D eigenvalue weighted by Crippen LogP contribution is 2.22. The Kier molecular flexibility index (Phi) is 5.03. The first-order chi connectivity index (χ1) is 12.1. The van der Waals surface area contributed by atoms with Crippen LogP contribution in [0.25, 0.3) is 0 Å². The summed E-state index contributed by atoms with van der Waals surface area (Å²) in [7, 11) is 0. The number of rotatable bonds is 7. The van der Waals surface area contributed by atoms with Crippen LogP contribution >= 0.6 is 0 Å². The Morgan fingerprint density at radius 3 is 2.04 bits per heavy atom. The van der Waals surface area contributed by atoms with Crippen LogP contribution in [0.2, 0.25) is 0 Å². The molecule has 0 radical (unpaired) electrons. The summed E-state index contributed by atoms with van der Waals surface area (Å²) < 4.78 is 12.8. The lowest BCUT2D eigenvalue weighted by atomic mass is 10.0. The van der Waals surface area contributed by atoms with E-state index in [0.717, 1.165) is 6.42 Å². The highest BCUT2D eigenvalue weighted by Gasteiger charge is 2.34. The molecule has 0 saturated heterocycles. The zero-order valence-electron chi connectivity index (χ0n) is 13.7. The van der Waals surface area contributed by atoms with E-state index in [4.69, 9.17) is 0 Å². The molecule has 0 saturated carbocycles. The molecule has 25 heavy (non-hydrogen) atoms. The molecular formula is C20H18FNO3. The van der Waals surface area contributed by atoms with Crippen molar-refractivity contribution in [3.05, 3.63) is 71.0 Å². The maximum atomic E-state index is 12.8. The molecule has 0 N–H and O–H groups in total. The number of hydrogen-bond acceptors (Lipinski definition) is 3. The van der Waals surface area contributed by atoms with Crippen LogP contribution in [0.4, 0.5) is 4.39 Å². The molecule has 128 valence electrons. The molecular weight excluding hydrogens is 321 g/mol. The Morgan fingerprint density at radius 2 is 1.44 bits per heavy atom. The lowest BCUT2D eigenvalue weighted by Gasteiger charge is -2.13. The van der Waals surface area contributed by atoms with Gasteiger partial charge in [-0.1, -0.05) is 18.6 Å². The van der Waals surface area contributed by atoms with E-state index < -0.39 is 0 Å². The van der Waals surface area contributed by atoms with Crippen LogP contribution in [0.5, 0.6) is 0 Å². The van der Waals surface area contributed by atoms with E-state index in [9.17, 15) is 18.8 Å². The first-order valence-electron chi connectivity index (χ1n) is 8.32.